The van der Waals surface area contributed by atoms with Gasteiger partial charge in [0.1, 0.15) is 0 Å². The van der Waals surface area contributed by atoms with E-state index in [4.69, 9.17) is 0 Å². The number of benzene rings is 9. The summed E-state index contributed by atoms with van der Waals surface area (Å²) in [6.45, 7) is 0. The Morgan fingerprint density at radius 3 is 1.69 bits per heavy atom. The first kappa shape index (κ1) is 30.0. The molecule has 2 heteroatoms. The van der Waals surface area contributed by atoms with E-state index >= 15 is 0 Å². The summed E-state index contributed by atoms with van der Waals surface area (Å²) in [5, 5.41) is 7.57. The molecule has 0 bridgehead atoms. The molecule has 1 aromatic heterocycles. The van der Waals surface area contributed by atoms with Gasteiger partial charge in [0, 0.05) is 38.9 Å². The second kappa shape index (κ2) is 12.5. The molecule has 0 unspecified atom stereocenters. The molecule has 0 aliphatic heterocycles. The highest BCUT2D eigenvalue weighted by molar-refractivity contribution is 6.18. The fraction of sp³-hybridized carbons (Fsp3) is 0. The lowest BCUT2D eigenvalue weighted by atomic mass is 10.0. The Kier molecular flexibility index (Phi) is 7.18. The van der Waals surface area contributed by atoms with Crippen LogP contribution in [0.5, 0.6) is 0 Å². The Morgan fingerprint density at radius 2 is 0.885 bits per heavy atom. The molecule has 9 aromatic carbocycles. The number of aromatic nitrogens is 1. The van der Waals surface area contributed by atoms with Crippen LogP contribution in [0, 0.1) is 0 Å². The Bertz CT molecular complexity index is 2880. The summed E-state index contributed by atoms with van der Waals surface area (Å²) in [6, 6.07) is 74.6. The normalized spacial score (nSPS) is 11.5. The second-order valence-electron chi connectivity index (χ2n) is 13.4. The number of hydrogen-bond acceptors (Lipinski definition) is 1. The van der Waals surface area contributed by atoms with Crippen LogP contribution in [0.25, 0.3) is 71.3 Å². The lowest BCUT2D eigenvalue weighted by Gasteiger charge is -2.26. The molecule has 0 radical (unpaired) electrons. The molecule has 0 amide bonds. The minimum Gasteiger partial charge on any atom is -0.310 e. The Balaban J connectivity index is 1.03. The summed E-state index contributed by atoms with van der Waals surface area (Å²) < 4.78 is 2.42. The maximum atomic E-state index is 2.42. The van der Waals surface area contributed by atoms with Crippen molar-refractivity contribution in [2.45, 2.75) is 0 Å². The molecule has 10 aromatic rings. The van der Waals surface area contributed by atoms with E-state index in [0.29, 0.717) is 0 Å². The van der Waals surface area contributed by atoms with Crippen LogP contribution in [-0.4, -0.2) is 4.57 Å². The molecule has 0 aliphatic carbocycles. The van der Waals surface area contributed by atoms with E-state index in [0.717, 1.165) is 22.7 Å². The van der Waals surface area contributed by atoms with Gasteiger partial charge in [0.25, 0.3) is 0 Å². The van der Waals surface area contributed by atoms with Gasteiger partial charge in [0.15, 0.2) is 0 Å². The second-order valence-corrected chi connectivity index (χ2v) is 13.4. The van der Waals surface area contributed by atoms with Crippen LogP contribution in [0.15, 0.2) is 206 Å². The van der Waals surface area contributed by atoms with Crippen molar-refractivity contribution in [3.63, 3.8) is 0 Å². The Morgan fingerprint density at radius 1 is 0.308 bits per heavy atom. The molecule has 0 saturated heterocycles. The molecule has 0 atom stereocenters. The predicted molar refractivity (Wildman–Crippen MR) is 221 cm³/mol. The predicted octanol–water partition coefficient (Wildman–Crippen LogP) is 13.9. The van der Waals surface area contributed by atoms with Crippen LogP contribution in [0.1, 0.15) is 0 Å². The maximum absolute atomic E-state index is 2.42. The smallest absolute Gasteiger partial charge is 0.0619 e. The van der Waals surface area contributed by atoms with Crippen LogP contribution in [0.4, 0.5) is 17.1 Å². The van der Waals surface area contributed by atoms with Gasteiger partial charge in [0.2, 0.25) is 0 Å². The summed E-state index contributed by atoms with van der Waals surface area (Å²) in [6.07, 6.45) is 0. The number of para-hydroxylation sites is 2. The molecule has 1 heterocycles. The minimum atomic E-state index is 1.11. The van der Waals surface area contributed by atoms with E-state index in [1.54, 1.807) is 0 Å². The third-order valence-electron chi connectivity index (χ3n) is 10.3. The maximum Gasteiger partial charge on any atom is 0.0619 e. The summed E-state index contributed by atoms with van der Waals surface area (Å²) >= 11 is 0. The van der Waals surface area contributed by atoms with Gasteiger partial charge in [-0.15, -0.1) is 0 Å². The van der Waals surface area contributed by atoms with Crippen LogP contribution in [0.3, 0.4) is 0 Å². The number of hydrogen-bond donors (Lipinski definition) is 0. The van der Waals surface area contributed by atoms with E-state index in [2.05, 4.69) is 216 Å². The summed E-state index contributed by atoms with van der Waals surface area (Å²) in [7, 11) is 0. The molecule has 0 aliphatic rings. The average Bonchev–Trinajstić information content (AvgIpc) is 3.57. The van der Waals surface area contributed by atoms with E-state index in [9.17, 15) is 0 Å². The molecule has 0 fully saturated rings. The van der Waals surface area contributed by atoms with E-state index in [1.165, 1.54) is 65.6 Å². The topological polar surface area (TPSA) is 8.17 Å². The van der Waals surface area contributed by atoms with Gasteiger partial charge in [-0.3, -0.25) is 0 Å². The van der Waals surface area contributed by atoms with Crippen molar-refractivity contribution in [1.82, 2.24) is 4.57 Å². The first-order valence-electron chi connectivity index (χ1n) is 17.8. The number of anilines is 3. The molecule has 0 saturated carbocycles. The Hall–Kier alpha value is -6.90. The van der Waals surface area contributed by atoms with Gasteiger partial charge >= 0.3 is 0 Å². The molecule has 10 rings (SSSR count). The van der Waals surface area contributed by atoms with Crippen molar-refractivity contribution in [1.29, 1.82) is 0 Å². The van der Waals surface area contributed by atoms with Gasteiger partial charge in [-0.2, -0.15) is 0 Å². The molecule has 244 valence electrons. The monoisotopic (exact) mass is 662 g/mol. The third kappa shape index (κ3) is 5.12. The first-order valence-corrected chi connectivity index (χ1v) is 17.8. The van der Waals surface area contributed by atoms with E-state index in [1.807, 2.05) is 0 Å². The van der Waals surface area contributed by atoms with Gasteiger partial charge < -0.3 is 9.47 Å². The number of nitrogens with zero attached hydrogens (tertiary/aromatic N) is 2. The van der Waals surface area contributed by atoms with Gasteiger partial charge in [-0.05, 0) is 99.1 Å². The van der Waals surface area contributed by atoms with Gasteiger partial charge in [-0.25, -0.2) is 0 Å². The SMILES string of the molecule is c1ccc(N(c2ccc(-c3ccc4ccccc4c3)cc2)c2cccc(-c3ccc(-n4c5ccccc5c5ccc6ccccc6c54)cc3)c2)cc1. The molecule has 0 N–H and O–H groups in total. The molecule has 0 spiro atoms. The highest BCUT2D eigenvalue weighted by Crippen LogP contribution is 2.39. The zero-order valence-corrected chi connectivity index (χ0v) is 28.5. The van der Waals surface area contributed by atoms with Crippen LogP contribution >= 0.6 is 0 Å². The number of fused-ring (bicyclic) bond motifs is 6. The quantitative estimate of drug-likeness (QED) is 0.172. The van der Waals surface area contributed by atoms with Crippen molar-refractivity contribution in [3.8, 4) is 27.9 Å². The zero-order valence-electron chi connectivity index (χ0n) is 28.5. The number of rotatable bonds is 6. The highest BCUT2D eigenvalue weighted by Gasteiger charge is 2.16. The van der Waals surface area contributed by atoms with Crippen LogP contribution in [0.2, 0.25) is 0 Å². The Labute approximate surface area is 303 Å². The van der Waals surface area contributed by atoms with Crippen molar-refractivity contribution in [2.75, 3.05) is 4.90 Å². The lowest BCUT2D eigenvalue weighted by molar-refractivity contribution is 1.19. The van der Waals surface area contributed by atoms with E-state index < -0.39 is 0 Å². The first-order chi connectivity index (χ1) is 25.8. The lowest BCUT2D eigenvalue weighted by Crippen LogP contribution is -2.09. The van der Waals surface area contributed by atoms with E-state index in [-0.39, 0.29) is 0 Å². The van der Waals surface area contributed by atoms with Crippen LogP contribution in [-0.2, 0) is 0 Å². The molecular weight excluding hydrogens is 629 g/mol. The molecule has 52 heavy (non-hydrogen) atoms. The summed E-state index contributed by atoms with van der Waals surface area (Å²) in [5.74, 6) is 0. The van der Waals surface area contributed by atoms with Crippen molar-refractivity contribution in [3.05, 3.63) is 206 Å². The summed E-state index contributed by atoms with van der Waals surface area (Å²) in [5.41, 5.74) is 11.7. The van der Waals surface area contributed by atoms with Gasteiger partial charge in [-0.1, -0.05) is 146 Å². The van der Waals surface area contributed by atoms with Crippen molar-refractivity contribution < 1.29 is 0 Å². The fourth-order valence-corrected chi connectivity index (χ4v) is 7.82. The fourth-order valence-electron chi connectivity index (χ4n) is 7.82. The largest absolute Gasteiger partial charge is 0.310 e. The standard InChI is InChI=1S/C50H34N2/c1-2-15-42(16-3-1)51(43-28-23-37(24-29-43)41-22-21-35-11-4-5-13-39(35)33-41)45-17-10-14-40(34-45)36-25-30-44(31-26-36)52-49-20-9-8-19-47(49)48-32-27-38-12-6-7-18-46(38)50(48)52/h1-34H. The van der Waals surface area contributed by atoms with Crippen molar-refractivity contribution in [2.24, 2.45) is 0 Å². The average molecular weight is 663 g/mol. The molecule has 2 nitrogen and oxygen atoms in total. The highest BCUT2D eigenvalue weighted by atomic mass is 15.1. The zero-order chi connectivity index (χ0) is 34.4. The molecular formula is C50H34N2. The van der Waals surface area contributed by atoms with Crippen molar-refractivity contribution >= 4 is 60.4 Å². The third-order valence-corrected chi connectivity index (χ3v) is 10.3. The minimum absolute atomic E-state index is 1.11. The van der Waals surface area contributed by atoms with Crippen LogP contribution < -0.4 is 4.90 Å². The summed E-state index contributed by atoms with van der Waals surface area (Å²) in [4.78, 5) is 2.34. The van der Waals surface area contributed by atoms with Gasteiger partial charge in [0.05, 0.1) is 11.0 Å².